The summed E-state index contributed by atoms with van der Waals surface area (Å²) in [4.78, 5) is 0. The van der Waals surface area contributed by atoms with Crippen molar-refractivity contribution in [2.75, 3.05) is 7.11 Å². The van der Waals surface area contributed by atoms with Gasteiger partial charge in [-0.25, -0.2) is 0 Å². The first-order valence-electron chi connectivity index (χ1n) is 5.63. The zero-order chi connectivity index (χ0) is 12.1. The molecule has 0 heterocycles. The minimum Gasteiger partial charge on any atom is -0.496 e. The van der Waals surface area contributed by atoms with Crippen molar-refractivity contribution in [2.45, 2.75) is 39.0 Å². The van der Waals surface area contributed by atoms with Gasteiger partial charge in [0.1, 0.15) is 5.75 Å². The van der Waals surface area contributed by atoms with Crippen LogP contribution < -0.4 is 10.1 Å². The summed E-state index contributed by atoms with van der Waals surface area (Å²) in [5.74, 6) is 0.875. The minimum absolute atomic E-state index is 0.0555. The second-order valence-electron chi connectivity index (χ2n) is 4.16. The molecule has 2 N–H and O–H groups in total. The van der Waals surface area contributed by atoms with Crippen LogP contribution in [-0.2, 0) is 0 Å². The van der Waals surface area contributed by atoms with E-state index in [4.69, 9.17) is 4.74 Å². The third-order valence-electron chi connectivity index (χ3n) is 2.84. The Labute approximate surface area is 97.4 Å². The van der Waals surface area contributed by atoms with Crippen LogP contribution in [0.1, 0.15) is 32.4 Å². The van der Waals surface area contributed by atoms with Gasteiger partial charge in [-0.05, 0) is 26.8 Å². The molecule has 1 aromatic carbocycles. The maximum absolute atomic E-state index is 9.45. The highest BCUT2D eigenvalue weighted by Gasteiger charge is 2.15. The Bertz CT molecular complexity index is 325. The molecule has 0 amide bonds. The molecule has 0 saturated heterocycles. The molecule has 0 aliphatic carbocycles. The highest BCUT2D eigenvalue weighted by Crippen LogP contribution is 2.24. The molecule has 0 spiro atoms. The Morgan fingerprint density at radius 3 is 2.38 bits per heavy atom. The Morgan fingerprint density at radius 1 is 1.19 bits per heavy atom. The van der Waals surface area contributed by atoms with Crippen LogP contribution in [0.2, 0.25) is 0 Å². The van der Waals surface area contributed by atoms with Gasteiger partial charge < -0.3 is 15.2 Å². The third-order valence-corrected chi connectivity index (χ3v) is 2.84. The number of methoxy groups -OCH3 is 1. The van der Waals surface area contributed by atoms with E-state index in [1.165, 1.54) is 0 Å². The van der Waals surface area contributed by atoms with Gasteiger partial charge in [-0.2, -0.15) is 0 Å². The molecule has 3 nitrogen and oxygen atoms in total. The van der Waals surface area contributed by atoms with Gasteiger partial charge in [0.2, 0.25) is 0 Å². The lowest BCUT2D eigenvalue weighted by Gasteiger charge is -2.23. The van der Waals surface area contributed by atoms with Crippen LogP contribution in [0.3, 0.4) is 0 Å². The van der Waals surface area contributed by atoms with Crippen LogP contribution >= 0.6 is 0 Å². The van der Waals surface area contributed by atoms with E-state index in [1.54, 1.807) is 14.0 Å². The fraction of sp³-hybridized carbons (Fsp3) is 0.538. The number of hydrogen-bond acceptors (Lipinski definition) is 3. The maximum Gasteiger partial charge on any atom is 0.123 e. The van der Waals surface area contributed by atoms with Crippen LogP contribution in [0.25, 0.3) is 0 Å². The van der Waals surface area contributed by atoms with Crippen molar-refractivity contribution in [3.8, 4) is 5.75 Å². The molecule has 3 atom stereocenters. The van der Waals surface area contributed by atoms with Gasteiger partial charge >= 0.3 is 0 Å². The minimum atomic E-state index is -0.364. The molecule has 1 aromatic rings. The predicted octanol–water partition coefficient (Wildman–Crippen LogP) is 2.12. The summed E-state index contributed by atoms with van der Waals surface area (Å²) < 4.78 is 5.31. The Kier molecular flexibility index (Phi) is 4.77. The molecule has 90 valence electrons. The molecule has 0 aromatic heterocycles. The van der Waals surface area contributed by atoms with Gasteiger partial charge in [-0.15, -0.1) is 0 Å². The smallest absolute Gasteiger partial charge is 0.123 e. The molecule has 2 unspecified atom stereocenters. The predicted molar refractivity (Wildman–Crippen MR) is 65.7 cm³/mol. The maximum atomic E-state index is 9.45. The number of ether oxygens (including phenoxy) is 1. The van der Waals surface area contributed by atoms with Crippen LogP contribution in [-0.4, -0.2) is 24.4 Å². The summed E-state index contributed by atoms with van der Waals surface area (Å²) >= 11 is 0. The number of rotatable bonds is 5. The number of benzene rings is 1. The number of para-hydroxylation sites is 1. The first-order chi connectivity index (χ1) is 7.56. The second kappa shape index (κ2) is 5.87. The standard InChI is InChI=1S/C13H21NO2/c1-9(11(3)15)14-10(2)12-7-5-6-8-13(12)16-4/h5-11,14-15H,1-4H3/t9?,10-,11?/m0/s1. The van der Waals surface area contributed by atoms with Gasteiger partial charge in [0.25, 0.3) is 0 Å². The summed E-state index contributed by atoms with van der Waals surface area (Å²) in [7, 11) is 1.67. The lowest BCUT2D eigenvalue weighted by Crippen LogP contribution is -2.37. The van der Waals surface area contributed by atoms with Crippen LogP contribution in [0.15, 0.2) is 24.3 Å². The van der Waals surface area contributed by atoms with Crippen molar-refractivity contribution in [3.05, 3.63) is 29.8 Å². The summed E-state index contributed by atoms with van der Waals surface area (Å²) in [6.45, 7) is 5.82. The van der Waals surface area contributed by atoms with Gasteiger partial charge in [0.15, 0.2) is 0 Å². The quantitative estimate of drug-likeness (QED) is 0.803. The molecule has 1 rings (SSSR count). The molecule has 0 bridgehead atoms. The van der Waals surface area contributed by atoms with Crippen molar-refractivity contribution in [2.24, 2.45) is 0 Å². The zero-order valence-electron chi connectivity index (χ0n) is 10.4. The van der Waals surface area contributed by atoms with Gasteiger partial charge in [0, 0.05) is 17.6 Å². The second-order valence-corrected chi connectivity index (χ2v) is 4.16. The van der Waals surface area contributed by atoms with E-state index >= 15 is 0 Å². The van der Waals surface area contributed by atoms with Crippen LogP contribution in [0.5, 0.6) is 5.75 Å². The molecule has 0 aliphatic rings. The van der Waals surface area contributed by atoms with Crippen molar-refractivity contribution >= 4 is 0 Å². The Balaban J connectivity index is 2.76. The molecule has 16 heavy (non-hydrogen) atoms. The molecular weight excluding hydrogens is 202 g/mol. The first-order valence-corrected chi connectivity index (χ1v) is 5.63. The van der Waals surface area contributed by atoms with Crippen LogP contribution in [0, 0.1) is 0 Å². The van der Waals surface area contributed by atoms with E-state index in [0.717, 1.165) is 11.3 Å². The Hall–Kier alpha value is -1.06. The fourth-order valence-electron chi connectivity index (χ4n) is 1.65. The van der Waals surface area contributed by atoms with E-state index in [1.807, 2.05) is 31.2 Å². The van der Waals surface area contributed by atoms with E-state index < -0.39 is 0 Å². The molecule has 0 radical (unpaired) electrons. The van der Waals surface area contributed by atoms with Crippen molar-refractivity contribution in [1.82, 2.24) is 5.32 Å². The highest BCUT2D eigenvalue weighted by molar-refractivity contribution is 5.35. The van der Waals surface area contributed by atoms with Gasteiger partial charge in [-0.3, -0.25) is 0 Å². The number of aliphatic hydroxyl groups is 1. The summed E-state index contributed by atoms with van der Waals surface area (Å²) in [5, 5.41) is 12.8. The normalized spacial score (nSPS) is 16.6. The molecule has 0 aliphatic heterocycles. The zero-order valence-corrected chi connectivity index (χ0v) is 10.4. The summed E-state index contributed by atoms with van der Waals surface area (Å²) in [6.07, 6.45) is -0.364. The third kappa shape index (κ3) is 3.22. The highest BCUT2D eigenvalue weighted by atomic mass is 16.5. The average molecular weight is 223 g/mol. The largest absolute Gasteiger partial charge is 0.496 e. The lowest BCUT2D eigenvalue weighted by molar-refractivity contribution is 0.147. The van der Waals surface area contributed by atoms with E-state index in [-0.39, 0.29) is 18.2 Å². The SMILES string of the molecule is COc1ccccc1[C@H](C)NC(C)C(C)O. The van der Waals surface area contributed by atoms with E-state index in [9.17, 15) is 5.11 Å². The summed E-state index contributed by atoms with van der Waals surface area (Å²) in [5.41, 5.74) is 1.11. The van der Waals surface area contributed by atoms with Gasteiger partial charge in [-0.1, -0.05) is 18.2 Å². The fourth-order valence-corrected chi connectivity index (χ4v) is 1.65. The van der Waals surface area contributed by atoms with Crippen molar-refractivity contribution in [1.29, 1.82) is 0 Å². The molecule has 0 saturated carbocycles. The van der Waals surface area contributed by atoms with Crippen molar-refractivity contribution < 1.29 is 9.84 Å². The molecule has 3 heteroatoms. The number of hydrogen-bond donors (Lipinski definition) is 2. The average Bonchev–Trinajstić information content (AvgIpc) is 2.28. The lowest BCUT2D eigenvalue weighted by atomic mass is 10.1. The van der Waals surface area contributed by atoms with E-state index in [0.29, 0.717) is 0 Å². The Morgan fingerprint density at radius 2 is 1.81 bits per heavy atom. The molecule has 0 fully saturated rings. The van der Waals surface area contributed by atoms with Gasteiger partial charge in [0.05, 0.1) is 13.2 Å². The van der Waals surface area contributed by atoms with Crippen LogP contribution in [0.4, 0.5) is 0 Å². The molecular formula is C13H21NO2. The monoisotopic (exact) mass is 223 g/mol. The first kappa shape index (κ1) is 13.0. The van der Waals surface area contributed by atoms with Crippen molar-refractivity contribution in [3.63, 3.8) is 0 Å². The van der Waals surface area contributed by atoms with E-state index in [2.05, 4.69) is 12.2 Å². The summed E-state index contributed by atoms with van der Waals surface area (Å²) in [6, 6.07) is 8.13. The number of nitrogens with one attached hydrogen (secondary N) is 1. The topological polar surface area (TPSA) is 41.5 Å². The number of aliphatic hydroxyl groups excluding tert-OH is 1.